The van der Waals surface area contributed by atoms with Crippen LogP contribution in [-0.2, 0) is 43.9 Å². The number of carbonyl (C=O) groups excluding carboxylic acids is 3. The van der Waals surface area contributed by atoms with Crippen LogP contribution in [-0.4, -0.2) is 52.8 Å². The van der Waals surface area contributed by atoms with Crippen LogP contribution in [0.1, 0.15) is 71.9 Å². The minimum atomic E-state index is -1.18. The van der Waals surface area contributed by atoms with E-state index in [1.165, 1.54) is 19.4 Å². The Morgan fingerprint density at radius 3 is 2.08 bits per heavy atom. The van der Waals surface area contributed by atoms with Gasteiger partial charge in [-0.25, -0.2) is 8.78 Å². The molecule has 2 unspecified atom stereocenters. The average Bonchev–Trinajstić information content (AvgIpc) is 2.80. The van der Waals surface area contributed by atoms with Gasteiger partial charge in [0.1, 0.15) is 11.6 Å². The average molecular weight is 591 g/mol. The molecule has 0 heterocycles. The number of aliphatic hydroxyl groups is 1. The minimum Gasteiger partial charge on any atom is -0.393 e. The maximum Gasteiger partial charge on any atom is 3.00 e. The fourth-order valence-electron chi connectivity index (χ4n) is 4.04. The summed E-state index contributed by atoms with van der Waals surface area (Å²) in [6.07, 6.45) is 1.62. The molecule has 0 aliphatic heterocycles. The van der Waals surface area contributed by atoms with Crippen LogP contribution in [0.2, 0.25) is 0 Å². The summed E-state index contributed by atoms with van der Waals surface area (Å²) in [5.74, 6) is -2.51. The van der Waals surface area contributed by atoms with Gasteiger partial charge in [0.25, 0.3) is 11.8 Å². The summed E-state index contributed by atoms with van der Waals surface area (Å²) in [4.78, 5) is 39.4. The molecule has 2 atom stereocenters. The molecule has 0 aliphatic carbocycles. The quantitative estimate of drug-likeness (QED) is 0.339. The Labute approximate surface area is 243 Å². The van der Waals surface area contributed by atoms with E-state index in [0.717, 1.165) is 31.0 Å². The van der Waals surface area contributed by atoms with Gasteiger partial charge in [0.2, 0.25) is 0 Å². The molecule has 0 saturated carbocycles. The number of halogens is 2. The molecule has 0 radical (unpaired) electrons. The molecule has 2 aromatic carbocycles. The minimum absolute atomic E-state index is 0. The second kappa shape index (κ2) is 15.9. The number of carbonyl (C=O) groups is 3. The molecule has 9 heteroatoms. The van der Waals surface area contributed by atoms with Crippen molar-refractivity contribution < 1.29 is 61.0 Å². The number of benzene rings is 2. The molecule has 2 N–H and O–H groups in total. The van der Waals surface area contributed by atoms with Crippen molar-refractivity contribution in [1.29, 1.82) is 0 Å². The Morgan fingerprint density at radius 2 is 1.54 bits per heavy atom. The van der Waals surface area contributed by atoms with E-state index < -0.39 is 29.7 Å². The van der Waals surface area contributed by atoms with Gasteiger partial charge in [0, 0.05) is 30.3 Å². The zero-order chi connectivity index (χ0) is 26.8. The van der Waals surface area contributed by atoms with Crippen molar-refractivity contribution in [3.8, 4) is 0 Å². The molecule has 2 amide bonds. The molecule has 0 fully saturated rings. The van der Waals surface area contributed by atoms with Crippen molar-refractivity contribution >= 4 is 17.6 Å². The van der Waals surface area contributed by atoms with Crippen molar-refractivity contribution in [3.05, 3.63) is 76.7 Å². The van der Waals surface area contributed by atoms with Gasteiger partial charge >= 0.3 is 32.7 Å². The van der Waals surface area contributed by atoms with Crippen molar-refractivity contribution in [1.82, 2.24) is 10.2 Å². The standard InChI is InChI=1S/C28H35F2N2O4.Y/c1-5-9-32(10-6-2)28(36)22-12-18(3)11-21(16-22)27(35)31-25(26(34)8-7-19(4)33)15-20-13-23(29)17-24(30)14-20;/h7,11-14,16-17,25-26,34H,5-6,8-10,15H2,1-4H3,(H,31,35);/q-1;+3. The molecule has 0 aliphatic rings. The Kier molecular flexibility index (Phi) is 14.2. The van der Waals surface area contributed by atoms with Crippen molar-refractivity contribution in [2.75, 3.05) is 13.1 Å². The number of rotatable bonds is 13. The van der Waals surface area contributed by atoms with Crippen LogP contribution in [0.3, 0.4) is 0 Å². The summed E-state index contributed by atoms with van der Waals surface area (Å²) in [5.41, 5.74) is 1.57. The maximum atomic E-state index is 13.7. The molecular weight excluding hydrogens is 555 g/mol. The normalized spacial score (nSPS) is 12.2. The predicted molar refractivity (Wildman–Crippen MR) is 135 cm³/mol. The second-order valence-corrected chi connectivity index (χ2v) is 9.06. The molecule has 196 valence electrons. The summed E-state index contributed by atoms with van der Waals surface area (Å²) in [6, 6.07) is 6.92. The number of amides is 2. The number of aliphatic hydroxyl groups excluding tert-OH is 1. The smallest absolute Gasteiger partial charge is 0.393 e. The van der Waals surface area contributed by atoms with E-state index in [1.54, 1.807) is 24.0 Å². The third-order valence-corrected chi connectivity index (χ3v) is 5.67. The first-order valence-corrected chi connectivity index (χ1v) is 12.2. The van der Waals surface area contributed by atoms with E-state index in [-0.39, 0.29) is 68.4 Å². The zero-order valence-corrected chi connectivity index (χ0v) is 24.7. The van der Waals surface area contributed by atoms with Crippen molar-refractivity contribution in [3.63, 3.8) is 0 Å². The van der Waals surface area contributed by atoms with Crippen LogP contribution in [0.15, 0.2) is 36.4 Å². The number of nitrogens with zero attached hydrogens (tertiary/aromatic N) is 1. The van der Waals surface area contributed by atoms with Crippen LogP contribution < -0.4 is 5.32 Å². The van der Waals surface area contributed by atoms with E-state index in [2.05, 4.69) is 5.32 Å². The molecule has 0 spiro atoms. The topological polar surface area (TPSA) is 86.7 Å². The van der Waals surface area contributed by atoms with Crippen molar-refractivity contribution in [2.24, 2.45) is 0 Å². The first kappa shape index (κ1) is 32.9. The SMILES string of the molecule is CCCN(CCC)C(=O)c1cc(C)cc(C(=O)NC(Cc2cc(F)cc(F)c2)C(O)C[CH-]C(C)=O)c1.[Y+3]. The van der Waals surface area contributed by atoms with E-state index in [9.17, 15) is 28.3 Å². The van der Waals surface area contributed by atoms with E-state index in [4.69, 9.17) is 0 Å². The van der Waals surface area contributed by atoms with Gasteiger partial charge in [-0.3, -0.25) is 9.59 Å². The molecule has 0 saturated heterocycles. The van der Waals surface area contributed by atoms with E-state index in [1.807, 2.05) is 13.8 Å². The van der Waals surface area contributed by atoms with Crippen LogP contribution in [0.25, 0.3) is 0 Å². The third-order valence-electron chi connectivity index (χ3n) is 5.67. The van der Waals surface area contributed by atoms with Crippen LogP contribution in [0, 0.1) is 25.0 Å². The zero-order valence-electron chi connectivity index (χ0n) is 21.9. The molecule has 0 aromatic heterocycles. The third kappa shape index (κ3) is 10.6. The number of ketones is 1. The Morgan fingerprint density at radius 1 is 0.973 bits per heavy atom. The Bertz CT molecular complexity index is 1050. The van der Waals surface area contributed by atoms with Gasteiger partial charge in [-0.2, -0.15) is 0 Å². The van der Waals surface area contributed by atoms with Crippen LogP contribution in [0.4, 0.5) is 8.78 Å². The summed E-state index contributed by atoms with van der Waals surface area (Å²) >= 11 is 0. The molecule has 6 nitrogen and oxygen atoms in total. The molecule has 0 bridgehead atoms. The van der Waals surface area contributed by atoms with Gasteiger partial charge < -0.3 is 26.5 Å². The largest absolute Gasteiger partial charge is 3.00 e. The van der Waals surface area contributed by atoms with Crippen LogP contribution >= 0.6 is 0 Å². The fourth-order valence-corrected chi connectivity index (χ4v) is 4.04. The second-order valence-electron chi connectivity index (χ2n) is 9.06. The van der Waals surface area contributed by atoms with E-state index >= 15 is 0 Å². The summed E-state index contributed by atoms with van der Waals surface area (Å²) in [7, 11) is 0. The monoisotopic (exact) mass is 590 g/mol. The van der Waals surface area contributed by atoms with Crippen molar-refractivity contribution in [2.45, 2.75) is 65.5 Å². The number of hydrogen-bond acceptors (Lipinski definition) is 4. The maximum absolute atomic E-state index is 13.7. The first-order chi connectivity index (χ1) is 17.0. The summed E-state index contributed by atoms with van der Waals surface area (Å²) < 4.78 is 27.4. The Hall–Kier alpha value is -2.16. The first-order valence-electron chi connectivity index (χ1n) is 12.2. The number of hydrogen-bond donors (Lipinski definition) is 2. The number of nitrogens with one attached hydrogen (secondary N) is 1. The molecular formula is C28H35F2N2O4Y+2. The number of Topliss-reactive ketones (excluding diaryl/α,β-unsaturated/α-hetero) is 1. The molecule has 2 rings (SSSR count). The van der Waals surface area contributed by atoms with Gasteiger partial charge in [0.15, 0.2) is 0 Å². The number of aryl methyl sites for hydroxylation is 1. The summed E-state index contributed by atoms with van der Waals surface area (Å²) in [6.45, 7) is 8.31. The van der Waals surface area contributed by atoms with E-state index in [0.29, 0.717) is 24.2 Å². The van der Waals surface area contributed by atoms with Gasteiger partial charge in [-0.1, -0.05) is 13.8 Å². The summed E-state index contributed by atoms with van der Waals surface area (Å²) in [5, 5.41) is 13.4. The molecule has 37 heavy (non-hydrogen) atoms. The Balaban J connectivity index is 0.00000684. The van der Waals surface area contributed by atoms with Gasteiger partial charge in [-0.05, 0) is 80.4 Å². The predicted octanol–water partition coefficient (Wildman–Crippen LogP) is 4.42. The van der Waals surface area contributed by atoms with Gasteiger partial charge in [-0.15, -0.1) is 6.42 Å². The van der Waals surface area contributed by atoms with Gasteiger partial charge in [0.05, 0.1) is 12.1 Å². The molecule has 2 aromatic rings. The van der Waals surface area contributed by atoms with Crippen LogP contribution in [0.5, 0.6) is 0 Å². The fraction of sp³-hybridized carbons (Fsp3) is 0.429.